The fraction of sp³-hybridized carbons (Fsp3) is 0.400. The van der Waals surface area contributed by atoms with Crippen LogP contribution in [0, 0.1) is 0 Å². The molecule has 16 heavy (non-hydrogen) atoms. The molecule has 0 radical (unpaired) electrons. The zero-order valence-electron chi connectivity index (χ0n) is 8.93. The minimum atomic E-state index is -0.948. The number of hydrogen-bond acceptors (Lipinski definition) is 6. The van der Waals surface area contributed by atoms with Gasteiger partial charge in [-0.1, -0.05) is 0 Å². The highest BCUT2D eigenvalue weighted by molar-refractivity contribution is 7.10. The Balaban J connectivity index is 2.70. The molecule has 88 valence electrons. The summed E-state index contributed by atoms with van der Waals surface area (Å²) < 4.78 is 8.96. The Morgan fingerprint density at radius 2 is 2.12 bits per heavy atom. The van der Waals surface area contributed by atoms with E-state index in [2.05, 4.69) is 9.47 Å². The Bertz CT molecular complexity index is 384. The molecule has 1 heterocycles. The van der Waals surface area contributed by atoms with Crippen molar-refractivity contribution in [2.45, 2.75) is 12.5 Å². The van der Waals surface area contributed by atoms with Crippen molar-refractivity contribution in [2.75, 3.05) is 14.2 Å². The van der Waals surface area contributed by atoms with E-state index >= 15 is 0 Å². The van der Waals surface area contributed by atoms with Gasteiger partial charge in [-0.15, -0.1) is 11.3 Å². The Labute approximate surface area is 96.6 Å². The lowest BCUT2D eigenvalue weighted by molar-refractivity contribution is -0.142. The molecule has 0 saturated carbocycles. The summed E-state index contributed by atoms with van der Waals surface area (Å²) in [5.74, 6) is -0.965. The molecule has 0 unspecified atom stereocenters. The van der Waals surface area contributed by atoms with Crippen molar-refractivity contribution in [2.24, 2.45) is 0 Å². The first-order valence-electron chi connectivity index (χ1n) is 4.50. The quantitative estimate of drug-likeness (QED) is 0.804. The zero-order valence-corrected chi connectivity index (χ0v) is 9.74. The molecule has 1 N–H and O–H groups in total. The number of hydrogen-bond donors (Lipinski definition) is 1. The normalized spacial score (nSPS) is 11.9. The summed E-state index contributed by atoms with van der Waals surface area (Å²) in [6.45, 7) is 0. The molecule has 0 fully saturated rings. The van der Waals surface area contributed by atoms with E-state index in [1.54, 1.807) is 5.38 Å². The van der Waals surface area contributed by atoms with E-state index in [0.717, 1.165) is 0 Å². The third kappa shape index (κ3) is 3.04. The maximum atomic E-state index is 11.1. The molecular formula is C10H12O5S. The molecule has 0 saturated heterocycles. The zero-order chi connectivity index (χ0) is 12.1. The average molecular weight is 244 g/mol. The van der Waals surface area contributed by atoms with E-state index in [-0.39, 0.29) is 6.42 Å². The minimum absolute atomic E-state index is 0.127. The largest absolute Gasteiger partial charge is 0.469 e. The van der Waals surface area contributed by atoms with E-state index in [0.29, 0.717) is 10.4 Å². The molecule has 0 aliphatic rings. The topological polar surface area (TPSA) is 72.8 Å². The van der Waals surface area contributed by atoms with Crippen LogP contribution < -0.4 is 0 Å². The van der Waals surface area contributed by atoms with Crippen molar-refractivity contribution in [1.82, 2.24) is 0 Å². The lowest BCUT2D eigenvalue weighted by Gasteiger charge is -2.05. The van der Waals surface area contributed by atoms with Crippen LogP contribution in [0.1, 0.15) is 27.8 Å². The number of aliphatic hydroxyl groups is 1. The van der Waals surface area contributed by atoms with Crippen LogP contribution in [0.3, 0.4) is 0 Å². The van der Waals surface area contributed by atoms with Gasteiger partial charge in [0.25, 0.3) is 0 Å². The maximum absolute atomic E-state index is 11.1. The number of methoxy groups -OCH3 is 2. The molecule has 1 aromatic rings. The maximum Gasteiger partial charge on any atom is 0.338 e. The molecule has 0 bridgehead atoms. The Morgan fingerprint density at radius 3 is 2.69 bits per heavy atom. The second-order valence-electron chi connectivity index (χ2n) is 3.03. The molecule has 1 aromatic heterocycles. The van der Waals surface area contributed by atoms with Crippen molar-refractivity contribution in [3.05, 3.63) is 21.9 Å². The predicted octanol–water partition coefficient (Wildman–Crippen LogP) is 1.13. The molecule has 5 nitrogen and oxygen atoms in total. The molecule has 1 atom stereocenters. The smallest absolute Gasteiger partial charge is 0.338 e. The molecule has 0 amide bonds. The van der Waals surface area contributed by atoms with Gasteiger partial charge in [-0.3, -0.25) is 4.79 Å². The number of aliphatic hydroxyl groups excluding tert-OH is 1. The van der Waals surface area contributed by atoms with Crippen LogP contribution in [0.15, 0.2) is 11.4 Å². The number of carbonyl (C=O) groups excluding carboxylic acids is 2. The highest BCUT2D eigenvalue weighted by atomic mass is 32.1. The van der Waals surface area contributed by atoms with Crippen LogP contribution in [0.5, 0.6) is 0 Å². The number of thiophene rings is 1. The fourth-order valence-electron chi connectivity index (χ4n) is 1.09. The van der Waals surface area contributed by atoms with Crippen LogP contribution in [0.25, 0.3) is 0 Å². The average Bonchev–Trinajstić information content (AvgIpc) is 2.77. The van der Waals surface area contributed by atoms with Crippen molar-refractivity contribution < 1.29 is 24.2 Å². The van der Waals surface area contributed by atoms with Gasteiger partial charge in [-0.25, -0.2) is 4.79 Å². The van der Waals surface area contributed by atoms with Gasteiger partial charge in [0.05, 0.1) is 32.3 Å². The summed E-state index contributed by atoms with van der Waals surface area (Å²) in [4.78, 5) is 22.6. The number of rotatable bonds is 4. The van der Waals surface area contributed by atoms with Crippen LogP contribution in [-0.4, -0.2) is 31.3 Å². The van der Waals surface area contributed by atoms with Gasteiger partial charge in [0.1, 0.15) is 0 Å². The van der Waals surface area contributed by atoms with Crippen molar-refractivity contribution in [1.29, 1.82) is 0 Å². The van der Waals surface area contributed by atoms with Crippen LogP contribution in [0.4, 0.5) is 0 Å². The van der Waals surface area contributed by atoms with Crippen LogP contribution >= 0.6 is 11.3 Å². The summed E-state index contributed by atoms with van der Waals surface area (Å²) in [5.41, 5.74) is 0.367. The highest BCUT2D eigenvalue weighted by Gasteiger charge is 2.17. The van der Waals surface area contributed by atoms with Gasteiger partial charge in [0, 0.05) is 10.3 Å². The van der Waals surface area contributed by atoms with Crippen molar-refractivity contribution in [3.63, 3.8) is 0 Å². The lowest BCUT2D eigenvalue weighted by atomic mass is 10.2. The predicted molar refractivity (Wildman–Crippen MR) is 57.3 cm³/mol. The summed E-state index contributed by atoms with van der Waals surface area (Å²) in [6.07, 6.45) is -1.08. The van der Waals surface area contributed by atoms with Gasteiger partial charge in [0.15, 0.2) is 0 Å². The molecule has 0 aliphatic heterocycles. The van der Waals surface area contributed by atoms with E-state index in [4.69, 9.17) is 0 Å². The SMILES string of the molecule is COC(=O)C[C@H](O)c1cc(C(=O)OC)cs1. The van der Waals surface area contributed by atoms with Crippen molar-refractivity contribution >= 4 is 23.3 Å². The molecule has 0 aliphatic carbocycles. The van der Waals surface area contributed by atoms with E-state index in [9.17, 15) is 14.7 Å². The Morgan fingerprint density at radius 1 is 1.44 bits per heavy atom. The van der Waals surface area contributed by atoms with Gasteiger partial charge in [0.2, 0.25) is 0 Å². The van der Waals surface area contributed by atoms with Crippen LogP contribution in [-0.2, 0) is 14.3 Å². The second-order valence-corrected chi connectivity index (χ2v) is 3.97. The summed E-state index contributed by atoms with van der Waals surface area (Å²) in [7, 11) is 2.54. The van der Waals surface area contributed by atoms with Crippen LogP contribution in [0.2, 0.25) is 0 Å². The Hall–Kier alpha value is -1.40. The highest BCUT2D eigenvalue weighted by Crippen LogP contribution is 2.25. The fourth-order valence-corrected chi connectivity index (χ4v) is 1.96. The number of esters is 2. The third-order valence-corrected chi connectivity index (χ3v) is 2.99. The third-order valence-electron chi connectivity index (χ3n) is 1.96. The molecular weight excluding hydrogens is 232 g/mol. The second kappa shape index (κ2) is 5.62. The molecule has 0 aromatic carbocycles. The molecule has 6 heteroatoms. The van der Waals surface area contributed by atoms with Gasteiger partial charge >= 0.3 is 11.9 Å². The number of carbonyl (C=O) groups is 2. The number of ether oxygens (including phenoxy) is 2. The Kier molecular flexibility index (Phi) is 4.45. The van der Waals surface area contributed by atoms with Gasteiger partial charge in [-0.05, 0) is 6.07 Å². The minimum Gasteiger partial charge on any atom is -0.469 e. The first-order valence-corrected chi connectivity index (χ1v) is 5.38. The van der Waals surface area contributed by atoms with E-state index in [1.807, 2.05) is 0 Å². The molecule has 1 rings (SSSR count). The van der Waals surface area contributed by atoms with E-state index in [1.165, 1.54) is 31.6 Å². The van der Waals surface area contributed by atoms with E-state index < -0.39 is 18.0 Å². The summed E-state index contributed by atoms with van der Waals surface area (Å²) >= 11 is 1.20. The summed E-state index contributed by atoms with van der Waals surface area (Å²) in [6, 6.07) is 1.50. The van der Waals surface area contributed by atoms with Crippen molar-refractivity contribution in [3.8, 4) is 0 Å². The molecule has 0 spiro atoms. The van der Waals surface area contributed by atoms with Gasteiger partial charge < -0.3 is 14.6 Å². The summed E-state index contributed by atoms with van der Waals surface area (Å²) in [5, 5.41) is 11.2. The standard InChI is InChI=1S/C10H12O5S/c1-14-9(12)4-7(11)8-3-6(5-16-8)10(13)15-2/h3,5,7,11H,4H2,1-2H3/t7-/m0/s1. The van der Waals surface area contributed by atoms with Gasteiger partial charge in [-0.2, -0.15) is 0 Å². The first-order chi connectivity index (χ1) is 7.58. The monoisotopic (exact) mass is 244 g/mol. The lowest BCUT2D eigenvalue weighted by Crippen LogP contribution is -2.07. The first kappa shape index (κ1) is 12.7.